The van der Waals surface area contributed by atoms with Crippen LogP contribution in [0.3, 0.4) is 0 Å². The van der Waals surface area contributed by atoms with Gasteiger partial charge in [0.25, 0.3) is 11.5 Å². The van der Waals surface area contributed by atoms with Crippen molar-refractivity contribution in [2.24, 2.45) is 0 Å². The molecular weight excluding hydrogens is 424 g/mol. The van der Waals surface area contributed by atoms with Crippen molar-refractivity contribution >= 4 is 22.6 Å². The number of pyridine rings is 1. The average molecular weight is 446 g/mol. The Labute approximate surface area is 188 Å². The van der Waals surface area contributed by atoms with Crippen molar-refractivity contribution in [2.75, 3.05) is 19.5 Å². The molecule has 0 bridgehead atoms. The number of ether oxygens (including phenoxy) is 2. The molecule has 0 saturated heterocycles. The van der Waals surface area contributed by atoms with Crippen molar-refractivity contribution in [3.8, 4) is 11.5 Å². The molecule has 0 atom stereocenters. The monoisotopic (exact) mass is 446 g/mol. The zero-order valence-electron chi connectivity index (χ0n) is 18.3. The Bertz CT molecular complexity index is 1450. The number of aromatic amines is 1. The quantitative estimate of drug-likeness (QED) is 0.471. The van der Waals surface area contributed by atoms with Crippen LogP contribution in [0.25, 0.3) is 11.0 Å². The lowest BCUT2D eigenvalue weighted by molar-refractivity contribution is 0.102. The topological polar surface area (TPSA) is 115 Å². The van der Waals surface area contributed by atoms with E-state index in [2.05, 4.69) is 15.3 Å². The fraction of sp³-hybridized carbons (Fsp3) is 0.167. The van der Waals surface area contributed by atoms with Gasteiger partial charge in [-0.1, -0.05) is 18.2 Å². The number of aryl methyl sites for hydroxylation is 1. The summed E-state index contributed by atoms with van der Waals surface area (Å²) in [5.74, 6) is 0.862. The van der Waals surface area contributed by atoms with Gasteiger partial charge < -0.3 is 14.8 Å². The van der Waals surface area contributed by atoms with Gasteiger partial charge in [-0.05, 0) is 42.8 Å². The zero-order valence-corrected chi connectivity index (χ0v) is 18.3. The normalized spacial score (nSPS) is 10.8. The van der Waals surface area contributed by atoms with E-state index in [1.807, 2.05) is 12.1 Å². The number of carbonyl (C=O) groups is 1. The number of benzene rings is 2. The van der Waals surface area contributed by atoms with Crippen LogP contribution in [0.2, 0.25) is 0 Å². The summed E-state index contributed by atoms with van der Waals surface area (Å²) in [6, 6.07) is 15.6. The maximum atomic E-state index is 12.9. The van der Waals surface area contributed by atoms with Gasteiger partial charge in [-0.25, -0.2) is 9.78 Å². The largest absolute Gasteiger partial charge is 0.497 e. The molecule has 0 spiro atoms. The number of hydrogen-bond acceptors (Lipinski definition) is 6. The highest BCUT2D eigenvalue weighted by atomic mass is 16.5. The molecule has 0 fully saturated rings. The summed E-state index contributed by atoms with van der Waals surface area (Å²) in [4.78, 5) is 44.8. The molecule has 0 aliphatic rings. The molecule has 9 nitrogen and oxygen atoms in total. The first-order chi connectivity index (χ1) is 15.9. The zero-order chi connectivity index (χ0) is 23.5. The number of fused-ring (bicyclic) bond motifs is 1. The van der Waals surface area contributed by atoms with Crippen molar-refractivity contribution < 1.29 is 14.3 Å². The van der Waals surface area contributed by atoms with E-state index in [1.165, 1.54) is 17.7 Å². The molecule has 2 N–H and O–H groups in total. The predicted octanol–water partition coefficient (Wildman–Crippen LogP) is 2.71. The lowest BCUT2D eigenvalue weighted by Gasteiger charge is -2.13. The molecule has 1 amide bonds. The maximum absolute atomic E-state index is 12.9. The number of hydrogen-bond donors (Lipinski definition) is 2. The van der Waals surface area contributed by atoms with Gasteiger partial charge in [0.05, 0.1) is 37.4 Å². The molecule has 2 heterocycles. The number of nitrogens with zero attached hydrogens (tertiary/aromatic N) is 2. The lowest BCUT2D eigenvalue weighted by atomic mass is 10.1. The highest BCUT2D eigenvalue weighted by Crippen LogP contribution is 2.20. The molecular formula is C24H22N4O5. The maximum Gasteiger partial charge on any atom is 0.330 e. The van der Waals surface area contributed by atoms with Crippen molar-refractivity contribution in [2.45, 2.75) is 13.5 Å². The Kier molecular flexibility index (Phi) is 5.95. The standard InChI is InChI=1S/C24H22N4O5/c1-14-19(22(29)26-16-5-4-6-18(11-16)33-3)12-20-21(25-14)28(24(31)27-23(20)30)13-15-7-9-17(32-2)10-8-15/h4-12H,13H2,1-3H3,(H,26,29)(H,27,30,31). The summed E-state index contributed by atoms with van der Waals surface area (Å²) >= 11 is 0. The molecule has 0 unspecified atom stereocenters. The lowest BCUT2D eigenvalue weighted by Crippen LogP contribution is -2.32. The second-order valence-corrected chi connectivity index (χ2v) is 7.37. The fourth-order valence-electron chi connectivity index (χ4n) is 3.48. The minimum Gasteiger partial charge on any atom is -0.497 e. The molecule has 4 rings (SSSR count). The molecule has 33 heavy (non-hydrogen) atoms. The van der Waals surface area contributed by atoms with Crippen LogP contribution in [0.15, 0.2) is 64.2 Å². The molecule has 168 valence electrons. The first-order valence-electron chi connectivity index (χ1n) is 10.1. The summed E-state index contributed by atoms with van der Waals surface area (Å²) in [5.41, 5.74) is 0.993. The number of carbonyl (C=O) groups excluding carboxylic acids is 1. The van der Waals surface area contributed by atoms with E-state index in [1.54, 1.807) is 50.4 Å². The van der Waals surface area contributed by atoms with Gasteiger partial charge in [0.2, 0.25) is 0 Å². The molecule has 9 heteroatoms. The van der Waals surface area contributed by atoms with Crippen molar-refractivity contribution in [3.63, 3.8) is 0 Å². The van der Waals surface area contributed by atoms with Crippen LogP contribution in [0.4, 0.5) is 5.69 Å². The van der Waals surface area contributed by atoms with Crippen LogP contribution in [-0.2, 0) is 6.54 Å². The minimum atomic E-state index is -0.607. The van der Waals surface area contributed by atoms with Crippen molar-refractivity contribution in [1.82, 2.24) is 14.5 Å². The highest BCUT2D eigenvalue weighted by molar-refractivity contribution is 6.06. The van der Waals surface area contributed by atoms with E-state index in [0.717, 1.165) is 5.56 Å². The van der Waals surface area contributed by atoms with E-state index in [0.29, 0.717) is 22.9 Å². The molecule has 2 aromatic carbocycles. The number of nitrogens with one attached hydrogen (secondary N) is 2. The van der Waals surface area contributed by atoms with E-state index in [4.69, 9.17) is 9.47 Å². The third kappa shape index (κ3) is 4.47. The van der Waals surface area contributed by atoms with Crippen molar-refractivity contribution in [3.05, 3.63) is 92.3 Å². The fourth-order valence-corrected chi connectivity index (χ4v) is 3.48. The van der Waals surface area contributed by atoms with Gasteiger partial charge in [0.15, 0.2) is 0 Å². The van der Waals surface area contributed by atoms with Crippen LogP contribution in [0.1, 0.15) is 21.6 Å². The molecule has 2 aromatic heterocycles. The summed E-state index contributed by atoms with van der Waals surface area (Å²) in [5, 5.41) is 2.93. The van der Waals surface area contributed by atoms with Crippen molar-refractivity contribution in [1.29, 1.82) is 0 Å². The van der Waals surface area contributed by atoms with E-state index >= 15 is 0 Å². The molecule has 4 aromatic rings. The summed E-state index contributed by atoms with van der Waals surface area (Å²) in [6.07, 6.45) is 0. The van der Waals surface area contributed by atoms with Crippen LogP contribution < -0.4 is 26.0 Å². The number of amides is 1. The van der Waals surface area contributed by atoms with Gasteiger partial charge in [-0.15, -0.1) is 0 Å². The van der Waals surface area contributed by atoms with Crippen LogP contribution >= 0.6 is 0 Å². The van der Waals surface area contributed by atoms with Gasteiger partial charge >= 0.3 is 5.69 Å². The predicted molar refractivity (Wildman–Crippen MR) is 124 cm³/mol. The van der Waals surface area contributed by atoms with E-state index in [9.17, 15) is 14.4 Å². The Morgan fingerprint density at radius 1 is 1.03 bits per heavy atom. The molecule has 0 aliphatic carbocycles. The SMILES string of the molecule is COc1ccc(Cn2c(=O)[nH]c(=O)c3cc(C(=O)Nc4cccc(OC)c4)c(C)nc32)cc1. The Hall–Kier alpha value is -4.40. The number of H-pyrrole nitrogens is 1. The van der Waals surface area contributed by atoms with Gasteiger partial charge in [0, 0.05) is 11.8 Å². The van der Waals surface area contributed by atoms with Gasteiger partial charge in [-0.3, -0.25) is 19.1 Å². The van der Waals surface area contributed by atoms with Crippen LogP contribution in [0, 0.1) is 6.92 Å². The Morgan fingerprint density at radius 3 is 2.45 bits per heavy atom. The summed E-state index contributed by atoms with van der Waals surface area (Å²) < 4.78 is 11.7. The number of rotatable bonds is 6. The average Bonchev–Trinajstić information content (AvgIpc) is 2.81. The Balaban J connectivity index is 1.74. The first-order valence-corrected chi connectivity index (χ1v) is 10.1. The van der Waals surface area contributed by atoms with Gasteiger partial charge in [-0.2, -0.15) is 0 Å². The van der Waals surface area contributed by atoms with E-state index < -0.39 is 17.2 Å². The van der Waals surface area contributed by atoms with Crippen LogP contribution in [0.5, 0.6) is 11.5 Å². The molecule has 0 aliphatic heterocycles. The summed E-state index contributed by atoms with van der Waals surface area (Å²) in [7, 11) is 3.11. The van der Waals surface area contributed by atoms with Gasteiger partial charge in [0.1, 0.15) is 17.1 Å². The molecule has 0 saturated carbocycles. The second-order valence-electron chi connectivity index (χ2n) is 7.37. The highest BCUT2D eigenvalue weighted by Gasteiger charge is 2.17. The van der Waals surface area contributed by atoms with E-state index in [-0.39, 0.29) is 23.1 Å². The number of methoxy groups -OCH3 is 2. The van der Waals surface area contributed by atoms with Crippen LogP contribution in [-0.4, -0.2) is 34.7 Å². The third-order valence-electron chi connectivity index (χ3n) is 5.23. The second kappa shape index (κ2) is 8.99. The Morgan fingerprint density at radius 2 is 1.76 bits per heavy atom. The molecule has 0 radical (unpaired) electrons. The first kappa shape index (κ1) is 21.8. The minimum absolute atomic E-state index is 0.143. The smallest absolute Gasteiger partial charge is 0.330 e. The number of anilines is 1. The number of aromatic nitrogens is 3. The third-order valence-corrected chi connectivity index (χ3v) is 5.23. The summed E-state index contributed by atoms with van der Waals surface area (Å²) in [6.45, 7) is 1.85.